The highest BCUT2D eigenvalue weighted by Crippen LogP contribution is 2.27. The fourth-order valence-electron chi connectivity index (χ4n) is 2.23. The average Bonchev–Trinajstić information content (AvgIpc) is 2.36. The summed E-state index contributed by atoms with van der Waals surface area (Å²) in [6.07, 6.45) is 1.53. The molecule has 110 valence electrons. The first-order valence-corrected chi connectivity index (χ1v) is 6.67. The maximum absolute atomic E-state index is 12.2. The molecular weight excluding hydrogens is 268 g/mol. The number of hydrogen-bond donors (Lipinski definition) is 2. The van der Waals surface area contributed by atoms with E-state index >= 15 is 0 Å². The SMILES string of the molecule is CC(C)(C)C(C(=O)O)C(=O)Nc1cnc2ccccc2c1. The number of carbonyl (C=O) groups excluding carboxylic acids is 1. The van der Waals surface area contributed by atoms with Gasteiger partial charge in [0.15, 0.2) is 0 Å². The number of carbonyl (C=O) groups is 2. The number of fused-ring (bicyclic) bond motifs is 1. The zero-order valence-corrected chi connectivity index (χ0v) is 12.3. The van der Waals surface area contributed by atoms with E-state index in [4.69, 9.17) is 0 Å². The molecule has 21 heavy (non-hydrogen) atoms. The van der Waals surface area contributed by atoms with Crippen molar-refractivity contribution < 1.29 is 14.7 Å². The quantitative estimate of drug-likeness (QED) is 0.850. The van der Waals surface area contributed by atoms with Gasteiger partial charge in [0.25, 0.3) is 0 Å². The van der Waals surface area contributed by atoms with Crippen molar-refractivity contribution in [1.29, 1.82) is 0 Å². The Labute approximate surface area is 123 Å². The second-order valence-electron chi connectivity index (χ2n) is 6.04. The number of aliphatic carboxylic acids is 1. The number of amides is 1. The molecule has 1 atom stereocenters. The summed E-state index contributed by atoms with van der Waals surface area (Å²) in [4.78, 5) is 27.8. The van der Waals surface area contributed by atoms with Crippen LogP contribution >= 0.6 is 0 Å². The Balaban J connectivity index is 2.26. The van der Waals surface area contributed by atoms with Gasteiger partial charge in [-0.2, -0.15) is 0 Å². The summed E-state index contributed by atoms with van der Waals surface area (Å²) >= 11 is 0. The predicted molar refractivity (Wildman–Crippen MR) is 81.0 cm³/mol. The summed E-state index contributed by atoms with van der Waals surface area (Å²) in [5, 5.41) is 12.8. The second-order valence-corrected chi connectivity index (χ2v) is 6.04. The molecule has 0 aliphatic carbocycles. The average molecular weight is 286 g/mol. The molecule has 5 nitrogen and oxygen atoms in total. The first-order valence-electron chi connectivity index (χ1n) is 6.67. The molecule has 1 heterocycles. The van der Waals surface area contributed by atoms with Gasteiger partial charge in [0.05, 0.1) is 17.4 Å². The molecule has 0 saturated heterocycles. The van der Waals surface area contributed by atoms with Crippen LogP contribution in [-0.4, -0.2) is 22.0 Å². The van der Waals surface area contributed by atoms with Crippen molar-refractivity contribution in [1.82, 2.24) is 4.98 Å². The van der Waals surface area contributed by atoms with Gasteiger partial charge < -0.3 is 10.4 Å². The van der Waals surface area contributed by atoms with Crippen LogP contribution in [0.4, 0.5) is 5.69 Å². The maximum atomic E-state index is 12.2. The van der Waals surface area contributed by atoms with E-state index in [9.17, 15) is 14.7 Å². The molecule has 5 heteroatoms. The first-order chi connectivity index (χ1) is 9.79. The van der Waals surface area contributed by atoms with E-state index in [1.807, 2.05) is 24.3 Å². The highest BCUT2D eigenvalue weighted by molar-refractivity contribution is 6.05. The summed E-state index contributed by atoms with van der Waals surface area (Å²) in [5.74, 6) is -2.79. The molecule has 0 fully saturated rings. The summed E-state index contributed by atoms with van der Waals surface area (Å²) in [5.41, 5.74) is 0.649. The Morgan fingerprint density at radius 2 is 1.90 bits per heavy atom. The van der Waals surface area contributed by atoms with Crippen LogP contribution < -0.4 is 5.32 Å². The molecule has 0 aliphatic rings. The van der Waals surface area contributed by atoms with Crippen LogP contribution in [0.3, 0.4) is 0 Å². The van der Waals surface area contributed by atoms with Crippen molar-refractivity contribution >= 4 is 28.5 Å². The van der Waals surface area contributed by atoms with Crippen LogP contribution in [0.1, 0.15) is 20.8 Å². The monoisotopic (exact) mass is 286 g/mol. The lowest BCUT2D eigenvalue weighted by molar-refractivity contribution is -0.149. The minimum atomic E-state index is -1.13. The molecule has 1 aromatic heterocycles. The van der Waals surface area contributed by atoms with Crippen LogP contribution in [-0.2, 0) is 9.59 Å². The van der Waals surface area contributed by atoms with Crippen LogP contribution in [0, 0.1) is 11.3 Å². The molecule has 0 aliphatic heterocycles. The third-order valence-corrected chi connectivity index (χ3v) is 3.23. The number of nitrogens with zero attached hydrogens (tertiary/aromatic N) is 1. The summed E-state index contributed by atoms with van der Waals surface area (Å²) in [6.45, 7) is 5.18. The third-order valence-electron chi connectivity index (χ3n) is 3.23. The van der Waals surface area contributed by atoms with E-state index in [0.29, 0.717) is 5.69 Å². The summed E-state index contributed by atoms with van der Waals surface area (Å²) in [7, 11) is 0. The van der Waals surface area contributed by atoms with E-state index in [-0.39, 0.29) is 0 Å². The van der Waals surface area contributed by atoms with Gasteiger partial charge in [0.1, 0.15) is 5.92 Å². The Bertz CT molecular complexity index is 689. The number of benzene rings is 1. The Morgan fingerprint density at radius 1 is 1.24 bits per heavy atom. The largest absolute Gasteiger partial charge is 0.481 e. The van der Waals surface area contributed by atoms with Crippen LogP contribution in [0.25, 0.3) is 10.9 Å². The van der Waals surface area contributed by atoms with Crippen LogP contribution in [0.5, 0.6) is 0 Å². The van der Waals surface area contributed by atoms with E-state index in [0.717, 1.165) is 10.9 Å². The summed E-state index contributed by atoms with van der Waals surface area (Å²) in [6, 6.07) is 9.30. The maximum Gasteiger partial charge on any atom is 0.316 e. The molecule has 2 rings (SSSR count). The van der Waals surface area contributed by atoms with Gasteiger partial charge in [-0.1, -0.05) is 39.0 Å². The molecule has 0 bridgehead atoms. The highest BCUT2D eigenvalue weighted by Gasteiger charge is 2.37. The highest BCUT2D eigenvalue weighted by atomic mass is 16.4. The third kappa shape index (κ3) is 3.37. The van der Waals surface area contributed by atoms with Crippen LogP contribution in [0.15, 0.2) is 36.5 Å². The molecular formula is C16H18N2O3. The topological polar surface area (TPSA) is 79.3 Å². The van der Waals surface area contributed by atoms with Gasteiger partial charge >= 0.3 is 5.97 Å². The second kappa shape index (κ2) is 5.52. The number of carboxylic acids is 1. The minimum Gasteiger partial charge on any atom is -0.481 e. The van der Waals surface area contributed by atoms with Crippen molar-refractivity contribution in [3.63, 3.8) is 0 Å². The lowest BCUT2D eigenvalue weighted by Crippen LogP contribution is -2.39. The zero-order chi connectivity index (χ0) is 15.6. The molecule has 0 radical (unpaired) electrons. The lowest BCUT2D eigenvalue weighted by atomic mass is 9.80. The smallest absolute Gasteiger partial charge is 0.316 e. The molecule has 0 saturated carbocycles. The Hall–Kier alpha value is -2.43. The van der Waals surface area contributed by atoms with Crippen molar-refractivity contribution in [2.45, 2.75) is 20.8 Å². The predicted octanol–water partition coefficient (Wildman–Crippen LogP) is 2.92. The van der Waals surface area contributed by atoms with Crippen molar-refractivity contribution in [3.05, 3.63) is 36.5 Å². The zero-order valence-electron chi connectivity index (χ0n) is 12.3. The first kappa shape index (κ1) is 15.0. The number of aromatic nitrogens is 1. The fraction of sp³-hybridized carbons (Fsp3) is 0.312. The molecule has 2 aromatic rings. The molecule has 1 amide bonds. The molecule has 0 spiro atoms. The minimum absolute atomic E-state index is 0.495. The summed E-state index contributed by atoms with van der Waals surface area (Å²) < 4.78 is 0. The standard InChI is InChI=1S/C16H18N2O3/c1-16(2,3)13(15(20)21)14(19)18-11-8-10-6-4-5-7-12(10)17-9-11/h4-9,13H,1-3H3,(H,18,19)(H,20,21). The van der Waals surface area contributed by atoms with Gasteiger partial charge in [0.2, 0.25) is 5.91 Å². The van der Waals surface area contributed by atoms with Gasteiger partial charge in [-0.3, -0.25) is 14.6 Å². The van der Waals surface area contributed by atoms with Crippen LogP contribution in [0.2, 0.25) is 0 Å². The van der Waals surface area contributed by atoms with Crippen molar-refractivity contribution in [2.75, 3.05) is 5.32 Å². The van der Waals surface area contributed by atoms with Gasteiger partial charge in [0, 0.05) is 5.39 Å². The van der Waals surface area contributed by atoms with E-state index in [1.165, 1.54) is 6.20 Å². The van der Waals surface area contributed by atoms with Gasteiger partial charge in [-0.05, 0) is 17.5 Å². The number of nitrogens with one attached hydrogen (secondary N) is 1. The van der Waals surface area contributed by atoms with E-state index in [1.54, 1.807) is 26.8 Å². The molecule has 1 unspecified atom stereocenters. The number of hydrogen-bond acceptors (Lipinski definition) is 3. The molecule has 1 aromatic carbocycles. The molecule has 2 N–H and O–H groups in total. The number of para-hydroxylation sites is 1. The normalized spacial score (nSPS) is 12.9. The van der Waals surface area contributed by atoms with Gasteiger partial charge in [-0.25, -0.2) is 0 Å². The Kier molecular flexibility index (Phi) is 3.93. The fourth-order valence-corrected chi connectivity index (χ4v) is 2.23. The number of pyridine rings is 1. The van der Waals surface area contributed by atoms with Gasteiger partial charge in [-0.15, -0.1) is 0 Å². The van der Waals surface area contributed by atoms with E-state index < -0.39 is 23.2 Å². The number of carboxylic acid groups (broad SMARTS) is 1. The Morgan fingerprint density at radius 3 is 2.52 bits per heavy atom. The van der Waals surface area contributed by atoms with Crippen molar-refractivity contribution in [3.8, 4) is 0 Å². The number of rotatable bonds is 3. The van der Waals surface area contributed by atoms with E-state index in [2.05, 4.69) is 10.3 Å². The lowest BCUT2D eigenvalue weighted by Gasteiger charge is -2.25. The van der Waals surface area contributed by atoms with Crippen molar-refractivity contribution in [2.24, 2.45) is 11.3 Å². The number of anilines is 1.